The van der Waals surface area contributed by atoms with Crippen molar-refractivity contribution in [3.63, 3.8) is 0 Å². The van der Waals surface area contributed by atoms with Crippen LogP contribution in [0.2, 0.25) is 0 Å². The van der Waals surface area contributed by atoms with Crippen molar-refractivity contribution in [2.75, 3.05) is 13.7 Å². The van der Waals surface area contributed by atoms with Crippen molar-refractivity contribution in [1.82, 2.24) is 0 Å². The summed E-state index contributed by atoms with van der Waals surface area (Å²) in [4.78, 5) is 12.1. The molecule has 100 valence electrons. The van der Waals surface area contributed by atoms with Crippen molar-refractivity contribution >= 4 is 5.97 Å². The maximum absolute atomic E-state index is 12.1. The molecular weight excluding hydrogens is 216 g/mol. The van der Waals surface area contributed by atoms with E-state index in [0.29, 0.717) is 6.61 Å². The van der Waals surface area contributed by atoms with Crippen LogP contribution >= 0.6 is 0 Å². The number of ether oxygens (including phenoxy) is 2. The summed E-state index contributed by atoms with van der Waals surface area (Å²) in [6.45, 7) is 4.85. The molecule has 1 saturated carbocycles. The van der Waals surface area contributed by atoms with Crippen molar-refractivity contribution in [2.45, 2.75) is 64.9 Å². The first-order chi connectivity index (χ1) is 8.21. The maximum Gasteiger partial charge on any atom is 0.314 e. The summed E-state index contributed by atoms with van der Waals surface area (Å²) in [5, 5.41) is 0. The smallest absolute Gasteiger partial charge is 0.314 e. The van der Waals surface area contributed by atoms with E-state index in [1.54, 1.807) is 0 Å². The van der Waals surface area contributed by atoms with Crippen LogP contribution in [0.3, 0.4) is 0 Å². The molecule has 0 aromatic carbocycles. The summed E-state index contributed by atoms with van der Waals surface area (Å²) < 4.78 is 10.8. The molecule has 3 heteroatoms. The highest BCUT2D eigenvalue weighted by Gasteiger charge is 2.49. The first-order valence-electron chi connectivity index (χ1n) is 6.91. The fourth-order valence-corrected chi connectivity index (χ4v) is 3.00. The summed E-state index contributed by atoms with van der Waals surface area (Å²) in [6, 6.07) is 0. The predicted molar refractivity (Wildman–Crippen MR) is 67.9 cm³/mol. The number of esters is 1. The second kappa shape index (κ2) is 7.00. The molecule has 0 aromatic heterocycles. The molecule has 0 radical (unpaired) electrons. The van der Waals surface area contributed by atoms with Crippen LogP contribution in [0.15, 0.2) is 0 Å². The lowest BCUT2D eigenvalue weighted by Gasteiger charge is -2.32. The van der Waals surface area contributed by atoms with Gasteiger partial charge in [0.2, 0.25) is 0 Å². The van der Waals surface area contributed by atoms with Crippen LogP contribution in [-0.2, 0) is 14.3 Å². The molecule has 0 spiro atoms. The number of unbranched alkanes of at least 4 members (excludes halogenated alkanes) is 2. The van der Waals surface area contributed by atoms with E-state index in [1.165, 1.54) is 20.0 Å². The quantitative estimate of drug-likeness (QED) is 0.507. The molecule has 1 aliphatic carbocycles. The molecule has 0 aliphatic heterocycles. The zero-order chi connectivity index (χ0) is 12.7. The van der Waals surface area contributed by atoms with Gasteiger partial charge in [0.15, 0.2) is 0 Å². The van der Waals surface area contributed by atoms with Crippen LogP contribution in [0.4, 0.5) is 0 Å². The van der Waals surface area contributed by atoms with Gasteiger partial charge in [0.1, 0.15) is 0 Å². The Morgan fingerprint density at radius 3 is 2.71 bits per heavy atom. The molecule has 3 nitrogen and oxygen atoms in total. The molecule has 0 heterocycles. The molecule has 1 fully saturated rings. The number of carbonyl (C=O) groups excluding carboxylic acids is 1. The summed E-state index contributed by atoms with van der Waals surface area (Å²) in [7, 11) is 1.49. The van der Waals surface area contributed by atoms with Gasteiger partial charge >= 0.3 is 5.97 Å². The molecule has 17 heavy (non-hydrogen) atoms. The van der Waals surface area contributed by atoms with Crippen LogP contribution in [0.5, 0.6) is 0 Å². The molecule has 1 rings (SSSR count). The average Bonchev–Trinajstić information content (AvgIpc) is 2.73. The highest BCUT2D eigenvalue weighted by atomic mass is 16.5. The molecule has 0 saturated heterocycles. The molecular formula is C14H26O3. The van der Waals surface area contributed by atoms with Crippen LogP contribution in [0, 0.1) is 5.41 Å². The van der Waals surface area contributed by atoms with E-state index in [-0.39, 0.29) is 17.5 Å². The highest BCUT2D eigenvalue weighted by Crippen LogP contribution is 2.45. The zero-order valence-electron chi connectivity index (χ0n) is 11.5. The fraction of sp³-hybridized carbons (Fsp3) is 0.929. The van der Waals surface area contributed by atoms with Gasteiger partial charge in [-0.1, -0.05) is 26.2 Å². The molecule has 2 atom stereocenters. The van der Waals surface area contributed by atoms with Crippen molar-refractivity contribution in [1.29, 1.82) is 0 Å². The third kappa shape index (κ3) is 3.21. The van der Waals surface area contributed by atoms with Gasteiger partial charge in [-0.25, -0.2) is 0 Å². The first kappa shape index (κ1) is 14.5. The summed E-state index contributed by atoms with van der Waals surface area (Å²) in [5.41, 5.74) is -0.361. The second-order valence-electron chi connectivity index (χ2n) is 4.94. The van der Waals surface area contributed by atoms with Gasteiger partial charge in [-0.2, -0.15) is 0 Å². The lowest BCUT2D eigenvalue weighted by Crippen LogP contribution is -2.41. The Labute approximate surface area is 105 Å². The van der Waals surface area contributed by atoms with Gasteiger partial charge < -0.3 is 9.47 Å². The van der Waals surface area contributed by atoms with E-state index < -0.39 is 0 Å². The lowest BCUT2D eigenvalue weighted by molar-refractivity contribution is -0.162. The van der Waals surface area contributed by atoms with Crippen molar-refractivity contribution in [2.24, 2.45) is 5.41 Å². The second-order valence-corrected chi connectivity index (χ2v) is 4.94. The Bertz CT molecular complexity index is 240. The molecule has 0 amide bonds. The van der Waals surface area contributed by atoms with Gasteiger partial charge in [0, 0.05) is 6.61 Å². The van der Waals surface area contributed by atoms with Crippen LogP contribution < -0.4 is 0 Å². The van der Waals surface area contributed by atoms with Crippen LogP contribution in [-0.4, -0.2) is 25.8 Å². The zero-order valence-corrected chi connectivity index (χ0v) is 11.5. The van der Waals surface area contributed by atoms with Gasteiger partial charge in [0.25, 0.3) is 0 Å². The summed E-state index contributed by atoms with van der Waals surface area (Å²) >= 11 is 0. The monoisotopic (exact) mass is 242 g/mol. The van der Waals surface area contributed by atoms with E-state index in [0.717, 1.165) is 32.1 Å². The molecule has 0 aromatic rings. The summed E-state index contributed by atoms with van der Waals surface area (Å²) in [5.74, 6) is -0.0652. The van der Waals surface area contributed by atoms with Crippen molar-refractivity contribution < 1.29 is 14.3 Å². The maximum atomic E-state index is 12.1. The van der Waals surface area contributed by atoms with E-state index in [4.69, 9.17) is 9.47 Å². The van der Waals surface area contributed by atoms with Crippen molar-refractivity contribution in [3.8, 4) is 0 Å². The topological polar surface area (TPSA) is 35.5 Å². The van der Waals surface area contributed by atoms with E-state index in [1.807, 2.05) is 6.92 Å². The van der Waals surface area contributed by atoms with E-state index in [2.05, 4.69) is 6.92 Å². The fourth-order valence-electron chi connectivity index (χ4n) is 3.00. The highest BCUT2D eigenvalue weighted by molar-refractivity contribution is 5.78. The predicted octanol–water partition coefficient (Wildman–Crippen LogP) is 3.32. The standard InChI is InChI=1S/C14H26O3/c1-4-6-7-10-14(13(15)16-3)11-8-9-12(14)17-5-2/h12H,4-11H2,1-3H3. The third-order valence-electron chi connectivity index (χ3n) is 3.89. The number of methoxy groups -OCH3 is 1. The van der Waals surface area contributed by atoms with Gasteiger partial charge in [-0.05, 0) is 32.6 Å². The Balaban J connectivity index is 2.73. The molecule has 2 unspecified atom stereocenters. The lowest BCUT2D eigenvalue weighted by atomic mass is 9.79. The Morgan fingerprint density at radius 2 is 2.12 bits per heavy atom. The minimum atomic E-state index is -0.361. The molecule has 0 N–H and O–H groups in total. The molecule has 0 bridgehead atoms. The van der Waals surface area contributed by atoms with Crippen LogP contribution in [0.1, 0.15) is 58.8 Å². The number of rotatable bonds is 7. The van der Waals surface area contributed by atoms with Crippen LogP contribution in [0.25, 0.3) is 0 Å². The number of hydrogen-bond acceptors (Lipinski definition) is 3. The minimum absolute atomic E-state index is 0.0652. The van der Waals surface area contributed by atoms with Gasteiger partial charge in [0.05, 0.1) is 18.6 Å². The molecule has 1 aliphatic rings. The van der Waals surface area contributed by atoms with Gasteiger partial charge in [-0.15, -0.1) is 0 Å². The normalized spacial score (nSPS) is 28.3. The Kier molecular flexibility index (Phi) is 5.96. The Morgan fingerprint density at radius 1 is 1.35 bits per heavy atom. The van der Waals surface area contributed by atoms with E-state index >= 15 is 0 Å². The number of carbonyl (C=O) groups is 1. The minimum Gasteiger partial charge on any atom is -0.469 e. The van der Waals surface area contributed by atoms with Gasteiger partial charge in [-0.3, -0.25) is 4.79 Å². The average molecular weight is 242 g/mol. The number of hydrogen-bond donors (Lipinski definition) is 0. The third-order valence-corrected chi connectivity index (χ3v) is 3.89. The Hall–Kier alpha value is -0.570. The first-order valence-corrected chi connectivity index (χ1v) is 6.91. The van der Waals surface area contributed by atoms with Crippen molar-refractivity contribution in [3.05, 3.63) is 0 Å². The van der Waals surface area contributed by atoms with E-state index in [9.17, 15) is 4.79 Å². The SMILES string of the molecule is CCCCCC1(C(=O)OC)CCCC1OCC. The largest absolute Gasteiger partial charge is 0.469 e. The summed E-state index contributed by atoms with van der Waals surface area (Å²) in [6.07, 6.45) is 7.42.